The van der Waals surface area contributed by atoms with Crippen molar-refractivity contribution >= 4 is 33.1 Å². The van der Waals surface area contributed by atoms with Crippen LogP contribution < -0.4 is 5.73 Å². The number of aliphatic hydroxyl groups excluding tert-OH is 1. The van der Waals surface area contributed by atoms with Gasteiger partial charge in [-0.15, -0.1) is 5.10 Å². The van der Waals surface area contributed by atoms with Crippen LogP contribution in [0.4, 0.5) is 19.1 Å². The van der Waals surface area contributed by atoms with Gasteiger partial charge in [0.05, 0.1) is 28.6 Å². The van der Waals surface area contributed by atoms with Gasteiger partial charge in [-0.3, -0.25) is 0 Å². The van der Waals surface area contributed by atoms with E-state index in [2.05, 4.69) is 10.1 Å². The summed E-state index contributed by atoms with van der Waals surface area (Å²) in [6, 6.07) is 2.01. The first-order valence-corrected chi connectivity index (χ1v) is 9.65. The Kier molecular flexibility index (Phi) is 6.39. The van der Waals surface area contributed by atoms with Gasteiger partial charge in [-0.05, 0) is 19.8 Å². The third-order valence-electron chi connectivity index (χ3n) is 3.98. The number of aryl methyl sites for hydroxylation is 1. The highest BCUT2D eigenvalue weighted by Gasteiger charge is 2.50. The molecule has 0 aliphatic carbocycles. The summed E-state index contributed by atoms with van der Waals surface area (Å²) in [4.78, 5) is 3.81. The van der Waals surface area contributed by atoms with E-state index in [9.17, 15) is 21.6 Å². The summed E-state index contributed by atoms with van der Waals surface area (Å²) in [5.74, 6) is 0.150. The number of aliphatic hydroxyl groups is 1. The molecule has 0 radical (unpaired) electrons. The zero-order valence-electron chi connectivity index (χ0n) is 14.5. The minimum atomic E-state index is -5.27. The van der Waals surface area contributed by atoms with E-state index in [1.807, 2.05) is 6.07 Å². The SMILES string of the molecule is Cc1c(C#N)c(Cl)c2cnc(N)nn12.O=S(=O)(N1CCCC(O)C1)C(F)(F)F. The van der Waals surface area contributed by atoms with Crippen molar-refractivity contribution in [3.8, 4) is 6.07 Å². The van der Waals surface area contributed by atoms with Crippen molar-refractivity contribution in [2.45, 2.75) is 31.4 Å². The number of hydrogen-bond acceptors (Lipinski definition) is 7. The number of nitriles is 1. The molecular formula is C14H16ClF3N6O3S. The Morgan fingerprint density at radius 2 is 2.11 bits per heavy atom. The lowest BCUT2D eigenvalue weighted by Gasteiger charge is -2.29. The fraction of sp³-hybridized carbons (Fsp3) is 0.500. The fourth-order valence-electron chi connectivity index (χ4n) is 2.58. The molecule has 14 heteroatoms. The summed E-state index contributed by atoms with van der Waals surface area (Å²) in [5, 5.41) is 22.2. The first-order chi connectivity index (χ1) is 12.9. The van der Waals surface area contributed by atoms with Crippen LogP contribution in [-0.2, 0) is 10.0 Å². The Labute approximate surface area is 163 Å². The molecule has 3 N–H and O–H groups in total. The van der Waals surface area contributed by atoms with E-state index in [4.69, 9.17) is 27.7 Å². The molecule has 0 spiro atoms. The molecule has 2 aromatic heterocycles. The Hall–Kier alpha value is -2.14. The standard InChI is InChI=1S/C8H6ClN5.C6H10F3NO3S/c1-4-5(2-10)7(9)6-3-12-8(11)13-14(4)6;7-6(8,9)14(12,13)10-3-1-2-5(11)4-10/h3H,1H3,(H2,11,13);5,11H,1-4H2. The average Bonchev–Trinajstić information content (AvgIpc) is 2.84. The number of fused-ring (bicyclic) bond motifs is 1. The van der Waals surface area contributed by atoms with E-state index in [-0.39, 0.29) is 23.2 Å². The quantitative estimate of drug-likeness (QED) is 0.684. The summed E-state index contributed by atoms with van der Waals surface area (Å²) >= 11 is 5.95. The van der Waals surface area contributed by atoms with Crippen LogP contribution in [0.25, 0.3) is 5.52 Å². The van der Waals surface area contributed by atoms with Gasteiger partial charge in [-0.2, -0.15) is 22.7 Å². The lowest BCUT2D eigenvalue weighted by molar-refractivity contribution is -0.0508. The molecule has 0 saturated carbocycles. The van der Waals surface area contributed by atoms with E-state index in [1.165, 1.54) is 10.7 Å². The molecule has 0 aromatic carbocycles. The number of anilines is 1. The van der Waals surface area contributed by atoms with Gasteiger partial charge < -0.3 is 10.8 Å². The van der Waals surface area contributed by atoms with Crippen LogP contribution in [-0.4, -0.2) is 57.1 Å². The largest absolute Gasteiger partial charge is 0.511 e. The minimum absolute atomic E-state index is 0.150. The van der Waals surface area contributed by atoms with Gasteiger partial charge in [0, 0.05) is 13.1 Å². The number of sulfonamides is 1. The lowest BCUT2D eigenvalue weighted by Crippen LogP contribution is -2.47. The van der Waals surface area contributed by atoms with Gasteiger partial charge in [0.1, 0.15) is 11.6 Å². The minimum Gasteiger partial charge on any atom is -0.392 e. The van der Waals surface area contributed by atoms with Crippen molar-refractivity contribution in [2.24, 2.45) is 0 Å². The monoisotopic (exact) mass is 440 g/mol. The number of halogens is 4. The third-order valence-corrected chi connectivity index (χ3v) is 5.96. The normalized spacial score (nSPS) is 18.4. The first-order valence-electron chi connectivity index (χ1n) is 7.84. The van der Waals surface area contributed by atoms with Gasteiger partial charge in [0.2, 0.25) is 5.95 Å². The zero-order valence-corrected chi connectivity index (χ0v) is 16.1. The highest BCUT2D eigenvalue weighted by molar-refractivity contribution is 7.90. The molecule has 1 unspecified atom stereocenters. The predicted octanol–water partition coefficient (Wildman–Crippen LogP) is 1.44. The second-order valence-corrected chi connectivity index (χ2v) is 8.21. The van der Waals surface area contributed by atoms with E-state index in [1.54, 1.807) is 6.92 Å². The van der Waals surface area contributed by atoms with Crippen LogP contribution in [0, 0.1) is 18.3 Å². The molecule has 9 nitrogen and oxygen atoms in total. The number of piperidine rings is 1. The molecule has 1 aliphatic rings. The van der Waals surface area contributed by atoms with E-state index >= 15 is 0 Å². The van der Waals surface area contributed by atoms with Crippen molar-refractivity contribution < 1.29 is 26.7 Å². The summed E-state index contributed by atoms with van der Waals surface area (Å²) in [6.07, 6.45) is 1.08. The smallest absolute Gasteiger partial charge is 0.392 e. The molecule has 0 bridgehead atoms. The maximum atomic E-state index is 12.0. The molecule has 1 atom stereocenters. The van der Waals surface area contributed by atoms with Crippen LogP contribution in [0.5, 0.6) is 0 Å². The highest BCUT2D eigenvalue weighted by Crippen LogP contribution is 2.29. The van der Waals surface area contributed by atoms with Crippen LogP contribution in [0.2, 0.25) is 5.02 Å². The van der Waals surface area contributed by atoms with Crippen molar-refractivity contribution in [3.63, 3.8) is 0 Å². The van der Waals surface area contributed by atoms with Gasteiger partial charge in [0.25, 0.3) is 0 Å². The van der Waals surface area contributed by atoms with Crippen LogP contribution >= 0.6 is 11.6 Å². The number of alkyl halides is 3. The lowest BCUT2D eigenvalue weighted by atomic mass is 10.1. The Morgan fingerprint density at radius 1 is 1.46 bits per heavy atom. The highest BCUT2D eigenvalue weighted by atomic mass is 35.5. The van der Waals surface area contributed by atoms with Crippen molar-refractivity contribution in [3.05, 3.63) is 22.5 Å². The number of β-amino-alcohol motifs (C(OH)–C–C–N with tert-alkyl or cyclic N) is 1. The summed E-state index contributed by atoms with van der Waals surface area (Å²) < 4.78 is 59.6. The number of nitrogens with zero attached hydrogens (tertiary/aromatic N) is 5. The molecule has 1 aliphatic heterocycles. The van der Waals surface area contributed by atoms with Crippen molar-refractivity contribution in [2.75, 3.05) is 18.8 Å². The van der Waals surface area contributed by atoms with Crippen molar-refractivity contribution in [1.82, 2.24) is 18.9 Å². The summed E-state index contributed by atoms with van der Waals surface area (Å²) in [6.45, 7) is 1.10. The topological polar surface area (TPSA) is 138 Å². The number of nitrogen functional groups attached to an aromatic ring is 1. The second kappa shape index (κ2) is 8.08. The maximum Gasteiger partial charge on any atom is 0.511 e. The predicted molar refractivity (Wildman–Crippen MR) is 93.7 cm³/mol. The molecule has 0 amide bonds. The maximum absolute atomic E-state index is 12.0. The summed E-state index contributed by atoms with van der Waals surface area (Å²) in [7, 11) is -5.26. The first kappa shape index (κ1) is 22.2. The summed E-state index contributed by atoms with van der Waals surface area (Å²) in [5.41, 5.74) is 1.82. The molecule has 154 valence electrons. The van der Waals surface area contributed by atoms with E-state index in [0.29, 0.717) is 28.2 Å². The van der Waals surface area contributed by atoms with Crippen LogP contribution in [0.1, 0.15) is 24.1 Å². The van der Waals surface area contributed by atoms with Crippen molar-refractivity contribution in [1.29, 1.82) is 5.26 Å². The van der Waals surface area contributed by atoms with E-state index in [0.717, 1.165) is 0 Å². The van der Waals surface area contributed by atoms with Gasteiger partial charge in [-0.25, -0.2) is 17.9 Å². The number of hydrogen-bond donors (Lipinski definition) is 2. The fourth-order valence-corrected chi connectivity index (χ4v) is 3.92. The molecule has 1 fully saturated rings. The van der Waals surface area contributed by atoms with Crippen LogP contribution in [0.3, 0.4) is 0 Å². The number of aromatic nitrogens is 3. The number of nitrogens with two attached hydrogens (primary N) is 1. The van der Waals surface area contributed by atoms with Gasteiger partial charge in [-0.1, -0.05) is 11.6 Å². The molecule has 3 heterocycles. The molecule has 1 saturated heterocycles. The third kappa shape index (κ3) is 4.30. The van der Waals surface area contributed by atoms with Crippen LogP contribution in [0.15, 0.2) is 6.20 Å². The Balaban J connectivity index is 0.000000200. The molecule has 28 heavy (non-hydrogen) atoms. The Bertz CT molecular complexity index is 1020. The van der Waals surface area contributed by atoms with Gasteiger partial charge >= 0.3 is 15.5 Å². The van der Waals surface area contributed by atoms with E-state index < -0.39 is 28.2 Å². The second-order valence-electron chi connectivity index (χ2n) is 5.90. The Morgan fingerprint density at radius 3 is 2.64 bits per heavy atom. The zero-order chi connectivity index (χ0) is 21.3. The molecule has 2 aromatic rings. The van der Waals surface area contributed by atoms with Gasteiger partial charge in [0.15, 0.2) is 0 Å². The number of rotatable bonds is 1. The molecule has 3 rings (SSSR count). The average molecular weight is 441 g/mol. The molecular weight excluding hydrogens is 425 g/mol.